The van der Waals surface area contributed by atoms with Crippen molar-refractivity contribution in [2.45, 2.75) is 12.6 Å². The van der Waals surface area contributed by atoms with Gasteiger partial charge in [-0.2, -0.15) is 0 Å². The molecular formula is C15H15BrN2O3. The van der Waals surface area contributed by atoms with Crippen molar-refractivity contribution >= 4 is 21.6 Å². The van der Waals surface area contributed by atoms with Gasteiger partial charge in [0.05, 0.1) is 15.5 Å². The second kappa shape index (κ2) is 7.31. The fourth-order valence-corrected chi connectivity index (χ4v) is 2.35. The third kappa shape index (κ3) is 4.35. The molecule has 5 nitrogen and oxygen atoms in total. The van der Waals surface area contributed by atoms with Crippen molar-refractivity contribution in [2.24, 2.45) is 0 Å². The summed E-state index contributed by atoms with van der Waals surface area (Å²) in [5.41, 5.74) is 1.68. The number of nitro groups is 1. The number of nitrogens with one attached hydrogen (secondary N) is 1. The fraction of sp³-hybridized carbons (Fsp3) is 0.200. The zero-order valence-electron chi connectivity index (χ0n) is 11.2. The standard InChI is InChI=1S/C15H15BrN2O3/c16-13-7-6-11(8-14(13)18(20)21)9-17-10-15(19)12-4-2-1-3-5-12/h1-8,15,17,19H,9-10H2. The van der Waals surface area contributed by atoms with Crippen molar-refractivity contribution in [2.75, 3.05) is 6.54 Å². The van der Waals surface area contributed by atoms with E-state index in [1.165, 1.54) is 6.07 Å². The molecular weight excluding hydrogens is 336 g/mol. The molecule has 6 heteroatoms. The lowest BCUT2D eigenvalue weighted by Gasteiger charge is -2.12. The van der Waals surface area contributed by atoms with Crippen molar-refractivity contribution in [3.63, 3.8) is 0 Å². The van der Waals surface area contributed by atoms with E-state index < -0.39 is 11.0 Å². The molecule has 0 fully saturated rings. The lowest BCUT2D eigenvalue weighted by Crippen LogP contribution is -2.21. The highest BCUT2D eigenvalue weighted by Gasteiger charge is 2.12. The number of hydrogen-bond acceptors (Lipinski definition) is 4. The van der Waals surface area contributed by atoms with Crippen molar-refractivity contribution in [1.29, 1.82) is 0 Å². The van der Waals surface area contributed by atoms with Crippen LogP contribution in [0.5, 0.6) is 0 Å². The molecule has 0 saturated heterocycles. The van der Waals surface area contributed by atoms with Gasteiger partial charge >= 0.3 is 0 Å². The van der Waals surface area contributed by atoms with Gasteiger partial charge in [0.25, 0.3) is 5.69 Å². The number of rotatable bonds is 6. The normalized spacial score (nSPS) is 12.1. The van der Waals surface area contributed by atoms with Gasteiger partial charge in [0, 0.05) is 19.2 Å². The molecule has 2 rings (SSSR count). The van der Waals surface area contributed by atoms with Crippen LogP contribution in [0.4, 0.5) is 5.69 Å². The first-order valence-corrected chi connectivity index (χ1v) is 7.24. The monoisotopic (exact) mass is 350 g/mol. The Kier molecular flexibility index (Phi) is 5.44. The summed E-state index contributed by atoms with van der Waals surface area (Å²) in [7, 11) is 0. The number of nitrogens with zero attached hydrogens (tertiary/aromatic N) is 1. The van der Waals surface area contributed by atoms with Gasteiger partial charge in [0.15, 0.2) is 0 Å². The molecule has 0 aromatic heterocycles. The highest BCUT2D eigenvalue weighted by molar-refractivity contribution is 9.10. The predicted octanol–water partition coefficient (Wildman–Crippen LogP) is 3.18. The number of aliphatic hydroxyl groups excluding tert-OH is 1. The summed E-state index contributed by atoms with van der Waals surface area (Å²) < 4.78 is 0.459. The van der Waals surface area contributed by atoms with Crippen LogP contribution in [0, 0.1) is 10.1 Å². The maximum atomic E-state index is 10.9. The fourth-order valence-electron chi connectivity index (χ4n) is 1.95. The molecule has 1 unspecified atom stereocenters. The van der Waals surface area contributed by atoms with Crippen LogP contribution >= 0.6 is 15.9 Å². The number of nitro benzene ring substituents is 1. The van der Waals surface area contributed by atoms with Crippen molar-refractivity contribution in [1.82, 2.24) is 5.32 Å². The topological polar surface area (TPSA) is 75.4 Å². The molecule has 2 aromatic carbocycles. The maximum absolute atomic E-state index is 10.9. The summed E-state index contributed by atoms with van der Waals surface area (Å²) >= 11 is 3.15. The average Bonchev–Trinajstić information content (AvgIpc) is 2.49. The van der Waals surface area contributed by atoms with Crippen LogP contribution in [-0.4, -0.2) is 16.6 Å². The number of benzene rings is 2. The van der Waals surface area contributed by atoms with Gasteiger partial charge in [-0.1, -0.05) is 36.4 Å². The molecule has 0 radical (unpaired) electrons. The number of aliphatic hydroxyl groups is 1. The lowest BCUT2D eigenvalue weighted by molar-refractivity contribution is -0.385. The molecule has 0 spiro atoms. The Morgan fingerprint density at radius 2 is 1.95 bits per heavy atom. The molecule has 1 atom stereocenters. The quantitative estimate of drug-likeness (QED) is 0.619. The van der Waals surface area contributed by atoms with Crippen molar-refractivity contribution in [3.05, 3.63) is 74.2 Å². The van der Waals surface area contributed by atoms with Gasteiger partial charge in [-0.05, 0) is 33.1 Å². The Hall–Kier alpha value is -1.76. The highest BCUT2D eigenvalue weighted by atomic mass is 79.9. The van der Waals surface area contributed by atoms with E-state index in [1.807, 2.05) is 30.3 Å². The average molecular weight is 351 g/mol. The maximum Gasteiger partial charge on any atom is 0.283 e. The molecule has 110 valence electrons. The van der Waals surface area contributed by atoms with Gasteiger partial charge in [-0.15, -0.1) is 0 Å². The second-order valence-electron chi connectivity index (χ2n) is 4.60. The molecule has 21 heavy (non-hydrogen) atoms. The Balaban J connectivity index is 1.92. The van der Waals surface area contributed by atoms with Crippen LogP contribution in [0.1, 0.15) is 17.2 Å². The summed E-state index contributed by atoms with van der Waals surface area (Å²) in [6, 6.07) is 14.3. The number of halogens is 1. The van der Waals surface area contributed by atoms with Gasteiger partial charge in [0.1, 0.15) is 0 Å². The van der Waals surface area contributed by atoms with Gasteiger partial charge in [-0.25, -0.2) is 0 Å². The van der Waals surface area contributed by atoms with Gasteiger partial charge < -0.3 is 10.4 Å². The third-order valence-corrected chi connectivity index (χ3v) is 3.73. The summed E-state index contributed by atoms with van der Waals surface area (Å²) in [5.74, 6) is 0. The van der Waals surface area contributed by atoms with E-state index in [0.29, 0.717) is 17.6 Å². The lowest BCUT2D eigenvalue weighted by atomic mass is 10.1. The minimum Gasteiger partial charge on any atom is -0.387 e. The van der Waals surface area contributed by atoms with Crippen LogP contribution in [-0.2, 0) is 6.54 Å². The van der Waals surface area contributed by atoms with Crippen molar-refractivity contribution < 1.29 is 10.0 Å². The molecule has 0 saturated carbocycles. The Morgan fingerprint density at radius 1 is 1.24 bits per heavy atom. The SMILES string of the molecule is O=[N+]([O-])c1cc(CNCC(O)c2ccccc2)ccc1Br. The van der Waals surface area contributed by atoms with E-state index in [-0.39, 0.29) is 5.69 Å². The van der Waals surface area contributed by atoms with Gasteiger partial charge in [-0.3, -0.25) is 10.1 Å². The minimum absolute atomic E-state index is 0.0397. The zero-order valence-corrected chi connectivity index (χ0v) is 12.8. The van der Waals surface area contributed by atoms with Crippen LogP contribution in [0.15, 0.2) is 53.0 Å². The van der Waals surface area contributed by atoms with E-state index in [0.717, 1.165) is 11.1 Å². The van der Waals surface area contributed by atoms with Crippen LogP contribution < -0.4 is 5.32 Å². The Bertz CT molecular complexity index is 620. The first-order chi connectivity index (χ1) is 10.1. The molecule has 0 aliphatic carbocycles. The van der Waals surface area contributed by atoms with E-state index in [1.54, 1.807) is 12.1 Å². The molecule has 0 aliphatic heterocycles. The van der Waals surface area contributed by atoms with E-state index in [9.17, 15) is 15.2 Å². The minimum atomic E-state index is -0.600. The van der Waals surface area contributed by atoms with Crippen LogP contribution in [0.2, 0.25) is 0 Å². The summed E-state index contributed by atoms with van der Waals surface area (Å²) in [5, 5.41) is 24.0. The van der Waals surface area contributed by atoms with E-state index in [2.05, 4.69) is 21.2 Å². The molecule has 0 aliphatic rings. The number of hydrogen-bond donors (Lipinski definition) is 2. The first kappa shape index (κ1) is 15.6. The molecule has 0 bridgehead atoms. The van der Waals surface area contributed by atoms with Crippen LogP contribution in [0.3, 0.4) is 0 Å². The summed E-state index contributed by atoms with van der Waals surface area (Å²) in [4.78, 5) is 10.4. The molecule has 2 aromatic rings. The zero-order chi connectivity index (χ0) is 15.2. The van der Waals surface area contributed by atoms with Crippen LogP contribution in [0.25, 0.3) is 0 Å². The highest BCUT2D eigenvalue weighted by Crippen LogP contribution is 2.25. The molecule has 2 N–H and O–H groups in total. The first-order valence-electron chi connectivity index (χ1n) is 6.44. The predicted molar refractivity (Wildman–Crippen MR) is 83.9 cm³/mol. The smallest absolute Gasteiger partial charge is 0.283 e. The Morgan fingerprint density at radius 3 is 2.62 bits per heavy atom. The molecule has 0 amide bonds. The molecule has 0 heterocycles. The van der Waals surface area contributed by atoms with Gasteiger partial charge in [0.2, 0.25) is 0 Å². The second-order valence-corrected chi connectivity index (χ2v) is 5.45. The van der Waals surface area contributed by atoms with Crippen molar-refractivity contribution in [3.8, 4) is 0 Å². The largest absolute Gasteiger partial charge is 0.387 e. The Labute approximate surface area is 130 Å². The summed E-state index contributed by atoms with van der Waals surface area (Å²) in [6.07, 6.45) is -0.600. The van der Waals surface area contributed by atoms with E-state index in [4.69, 9.17) is 0 Å². The third-order valence-electron chi connectivity index (χ3n) is 3.06. The summed E-state index contributed by atoms with van der Waals surface area (Å²) in [6.45, 7) is 0.839. The van der Waals surface area contributed by atoms with E-state index >= 15 is 0 Å².